The number of carboxylic acids is 1. The van der Waals surface area contributed by atoms with Gasteiger partial charge >= 0.3 is 5.97 Å². The van der Waals surface area contributed by atoms with E-state index in [1.54, 1.807) is 0 Å². The van der Waals surface area contributed by atoms with Crippen LogP contribution < -0.4 is 4.57 Å². The molecule has 0 saturated heterocycles. The van der Waals surface area contributed by atoms with Gasteiger partial charge < -0.3 is 5.11 Å². The first-order valence-corrected chi connectivity index (χ1v) is 6.91. The number of hydrogen-bond acceptors (Lipinski definition) is 1. The first kappa shape index (κ1) is 14.7. The average molecular weight is 250 g/mol. The molecule has 0 aliphatic rings. The van der Waals surface area contributed by atoms with Gasteiger partial charge in [0.05, 0.1) is 0 Å². The van der Waals surface area contributed by atoms with Crippen LogP contribution in [0.1, 0.15) is 45.4 Å². The summed E-state index contributed by atoms with van der Waals surface area (Å²) in [6.07, 6.45) is 10.5. The Balaban J connectivity index is 2.34. The number of carbonyl (C=O) groups is 1. The molecule has 1 atom stereocenters. The quantitative estimate of drug-likeness (QED) is 0.540. The molecule has 1 heterocycles. The molecule has 18 heavy (non-hydrogen) atoms. The zero-order valence-corrected chi connectivity index (χ0v) is 11.2. The predicted molar refractivity (Wildman–Crippen MR) is 71.1 cm³/mol. The Bertz CT molecular complexity index is 338. The van der Waals surface area contributed by atoms with Crippen molar-refractivity contribution in [2.24, 2.45) is 5.92 Å². The second-order valence-corrected chi connectivity index (χ2v) is 4.81. The van der Waals surface area contributed by atoms with E-state index in [1.807, 2.05) is 35.2 Å². The van der Waals surface area contributed by atoms with E-state index >= 15 is 0 Å². The molecule has 100 valence electrons. The van der Waals surface area contributed by atoms with E-state index in [0.717, 1.165) is 19.3 Å². The molecule has 1 aromatic rings. The van der Waals surface area contributed by atoms with E-state index in [9.17, 15) is 9.90 Å². The van der Waals surface area contributed by atoms with Crippen LogP contribution in [-0.4, -0.2) is 11.1 Å². The molecule has 0 bridgehead atoms. The summed E-state index contributed by atoms with van der Waals surface area (Å²) in [6, 6.07) is 5.80. The third-order valence-corrected chi connectivity index (χ3v) is 3.21. The summed E-state index contributed by atoms with van der Waals surface area (Å²) >= 11 is 0. The van der Waals surface area contributed by atoms with Crippen molar-refractivity contribution in [3.8, 4) is 0 Å². The van der Waals surface area contributed by atoms with Gasteiger partial charge in [0, 0.05) is 12.1 Å². The van der Waals surface area contributed by atoms with Gasteiger partial charge in [-0.15, -0.1) is 0 Å². The fraction of sp³-hybridized carbons (Fsp3) is 0.600. The Morgan fingerprint density at radius 1 is 1.11 bits per heavy atom. The lowest BCUT2D eigenvalue weighted by Gasteiger charge is -2.08. The van der Waals surface area contributed by atoms with Crippen molar-refractivity contribution in [2.45, 2.75) is 52.0 Å². The van der Waals surface area contributed by atoms with E-state index in [2.05, 4.69) is 6.92 Å². The Morgan fingerprint density at radius 2 is 1.78 bits per heavy atom. The van der Waals surface area contributed by atoms with E-state index in [1.165, 1.54) is 19.3 Å². The number of hydrogen-bond donors (Lipinski definition) is 1. The highest BCUT2D eigenvalue weighted by Gasteiger charge is 2.21. The lowest BCUT2D eigenvalue weighted by atomic mass is 10.0. The molecule has 3 heteroatoms. The standard InChI is InChI=1S/C15H23NO2/c1-2-3-4-5-7-10-14(15(17)18)13-16-11-8-6-9-12-16/h6,8-9,11-12,14H,2-5,7,10,13H2,1H3/p+1. The minimum atomic E-state index is -0.679. The van der Waals surface area contributed by atoms with Gasteiger partial charge in [0.1, 0.15) is 5.92 Å². The van der Waals surface area contributed by atoms with Crippen molar-refractivity contribution in [2.75, 3.05) is 0 Å². The third kappa shape index (κ3) is 5.80. The number of aliphatic carboxylic acids is 1. The normalized spacial score (nSPS) is 12.3. The largest absolute Gasteiger partial charge is 0.481 e. The number of pyridine rings is 1. The van der Waals surface area contributed by atoms with Gasteiger partial charge in [0.2, 0.25) is 0 Å². The molecule has 0 saturated carbocycles. The van der Waals surface area contributed by atoms with E-state index < -0.39 is 5.97 Å². The van der Waals surface area contributed by atoms with Crippen molar-refractivity contribution in [1.29, 1.82) is 0 Å². The number of aromatic nitrogens is 1. The third-order valence-electron chi connectivity index (χ3n) is 3.21. The molecule has 0 aliphatic heterocycles. The fourth-order valence-corrected chi connectivity index (χ4v) is 2.10. The minimum absolute atomic E-state index is 0.265. The van der Waals surface area contributed by atoms with Crippen LogP contribution in [0.15, 0.2) is 30.6 Å². The van der Waals surface area contributed by atoms with Crippen molar-refractivity contribution in [1.82, 2.24) is 0 Å². The van der Waals surface area contributed by atoms with Crippen LogP contribution in [0.2, 0.25) is 0 Å². The second kappa shape index (κ2) is 8.67. The van der Waals surface area contributed by atoms with Crippen LogP contribution in [0.5, 0.6) is 0 Å². The zero-order valence-electron chi connectivity index (χ0n) is 11.2. The number of unbranched alkanes of at least 4 members (excludes halogenated alkanes) is 4. The molecule has 1 aromatic heterocycles. The van der Waals surface area contributed by atoms with Crippen molar-refractivity contribution in [3.05, 3.63) is 30.6 Å². The summed E-state index contributed by atoms with van der Waals surface area (Å²) < 4.78 is 1.95. The van der Waals surface area contributed by atoms with Crippen molar-refractivity contribution in [3.63, 3.8) is 0 Å². The molecular weight excluding hydrogens is 226 g/mol. The maximum absolute atomic E-state index is 11.2. The van der Waals surface area contributed by atoms with Gasteiger partial charge in [0.25, 0.3) is 0 Å². The zero-order chi connectivity index (χ0) is 13.2. The Hall–Kier alpha value is -1.38. The fourth-order valence-electron chi connectivity index (χ4n) is 2.10. The van der Waals surface area contributed by atoms with E-state index in [0.29, 0.717) is 6.54 Å². The van der Waals surface area contributed by atoms with Gasteiger partial charge in [-0.25, -0.2) is 4.57 Å². The summed E-state index contributed by atoms with van der Waals surface area (Å²) in [7, 11) is 0. The molecule has 1 N–H and O–H groups in total. The summed E-state index contributed by atoms with van der Waals surface area (Å²) in [5, 5.41) is 9.22. The van der Waals surface area contributed by atoms with E-state index in [-0.39, 0.29) is 5.92 Å². The summed E-state index contributed by atoms with van der Waals surface area (Å²) in [5.41, 5.74) is 0. The van der Waals surface area contributed by atoms with Gasteiger partial charge in [-0.05, 0) is 6.42 Å². The molecule has 0 fully saturated rings. The molecule has 1 rings (SSSR count). The first-order chi connectivity index (χ1) is 8.74. The maximum Gasteiger partial charge on any atom is 0.312 e. The van der Waals surface area contributed by atoms with Gasteiger partial charge in [-0.1, -0.05) is 45.1 Å². The van der Waals surface area contributed by atoms with Crippen LogP contribution in [0, 0.1) is 5.92 Å². The van der Waals surface area contributed by atoms with Crippen LogP contribution >= 0.6 is 0 Å². The molecule has 3 nitrogen and oxygen atoms in total. The molecule has 0 spiro atoms. The van der Waals surface area contributed by atoms with Crippen LogP contribution in [0.4, 0.5) is 0 Å². The topological polar surface area (TPSA) is 41.2 Å². The minimum Gasteiger partial charge on any atom is -0.481 e. The van der Waals surface area contributed by atoms with Gasteiger partial charge in [0.15, 0.2) is 18.9 Å². The SMILES string of the molecule is CCCCCCCC(C[n+]1ccccc1)C(=O)O. The Labute approximate surface area is 109 Å². The van der Waals surface area contributed by atoms with Crippen molar-refractivity contribution < 1.29 is 14.5 Å². The van der Waals surface area contributed by atoms with Gasteiger partial charge in [-0.2, -0.15) is 0 Å². The Morgan fingerprint density at radius 3 is 2.39 bits per heavy atom. The average Bonchev–Trinajstić information content (AvgIpc) is 2.38. The Kier molecular flexibility index (Phi) is 7.07. The highest BCUT2D eigenvalue weighted by Crippen LogP contribution is 2.12. The van der Waals surface area contributed by atoms with Crippen LogP contribution in [-0.2, 0) is 11.3 Å². The predicted octanol–water partition coefficient (Wildman–Crippen LogP) is 3.04. The van der Waals surface area contributed by atoms with E-state index in [4.69, 9.17) is 0 Å². The summed E-state index contributed by atoms with van der Waals surface area (Å²) in [5.74, 6) is -0.944. The number of carboxylic acid groups (broad SMARTS) is 1. The smallest absolute Gasteiger partial charge is 0.312 e. The van der Waals surface area contributed by atoms with Gasteiger partial charge in [-0.3, -0.25) is 4.79 Å². The monoisotopic (exact) mass is 250 g/mol. The molecule has 0 radical (unpaired) electrons. The molecule has 0 aromatic carbocycles. The molecular formula is C15H24NO2+. The molecule has 1 unspecified atom stereocenters. The van der Waals surface area contributed by atoms with Crippen molar-refractivity contribution >= 4 is 5.97 Å². The number of rotatable bonds is 9. The first-order valence-electron chi connectivity index (χ1n) is 6.91. The summed E-state index contributed by atoms with van der Waals surface area (Å²) in [4.78, 5) is 11.2. The summed E-state index contributed by atoms with van der Waals surface area (Å²) in [6.45, 7) is 2.76. The molecule has 0 amide bonds. The lowest BCUT2D eigenvalue weighted by molar-refractivity contribution is -0.701. The number of nitrogens with zero attached hydrogens (tertiary/aromatic N) is 1. The highest BCUT2D eigenvalue weighted by molar-refractivity contribution is 5.69. The maximum atomic E-state index is 11.2. The molecule has 0 aliphatic carbocycles. The lowest BCUT2D eigenvalue weighted by Crippen LogP contribution is -2.39. The highest BCUT2D eigenvalue weighted by atomic mass is 16.4. The van der Waals surface area contributed by atoms with Crippen LogP contribution in [0.3, 0.4) is 0 Å². The second-order valence-electron chi connectivity index (χ2n) is 4.81. The van der Waals surface area contributed by atoms with Crippen LogP contribution in [0.25, 0.3) is 0 Å².